The van der Waals surface area contributed by atoms with Crippen molar-refractivity contribution in [2.45, 2.75) is 19.4 Å². The van der Waals surface area contributed by atoms with Gasteiger partial charge in [0.15, 0.2) is 5.58 Å². The van der Waals surface area contributed by atoms with E-state index in [2.05, 4.69) is 20.3 Å². The van der Waals surface area contributed by atoms with Crippen LogP contribution >= 0.6 is 0 Å². The van der Waals surface area contributed by atoms with Crippen LogP contribution in [0.5, 0.6) is 0 Å². The maximum absolute atomic E-state index is 13.0. The average molecular weight is 406 g/mol. The van der Waals surface area contributed by atoms with E-state index in [-0.39, 0.29) is 12.1 Å². The van der Waals surface area contributed by atoms with Gasteiger partial charge in [0.1, 0.15) is 23.4 Å². The van der Waals surface area contributed by atoms with Crippen molar-refractivity contribution in [1.82, 2.24) is 24.8 Å². The second-order valence-corrected chi connectivity index (χ2v) is 6.67. The lowest BCUT2D eigenvalue weighted by Crippen LogP contribution is -2.47. The Hall–Kier alpha value is -4.21. The first-order valence-corrected chi connectivity index (χ1v) is 9.09. The van der Waals surface area contributed by atoms with Crippen molar-refractivity contribution in [3.63, 3.8) is 0 Å². The largest absolute Gasteiger partial charge is 0.462 e. The number of pyridine rings is 1. The highest BCUT2D eigenvalue weighted by atomic mass is 16.3. The second kappa shape index (κ2) is 7.66. The molecule has 152 valence electrons. The lowest BCUT2D eigenvalue weighted by atomic mass is 10.0. The third kappa shape index (κ3) is 3.46. The molecule has 4 rings (SSSR count). The van der Waals surface area contributed by atoms with E-state index in [0.717, 1.165) is 5.39 Å². The van der Waals surface area contributed by atoms with Gasteiger partial charge in [0, 0.05) is 36.0 Å². The van der Waals surface area contributed by atoms with E-state index in [1.807, 2.05) is 0 Å². The molecule has 10 nitrogen and oxygen atoms in total. The molecule has 0 spiro atoms. The van der Waals surface area contributed by atoms with Gasteiger partial charge in [0.25, 0.3) is 11.8 Å². The van der Waals surface area contributed by atoms with Crippen molar-refractivity contribution < 1.29 is 18.8 Å². The lowest BCUT2D eigenvalue weighted by Gasteiger charge is -2.16. The molecule has 1 atom stereocenters. The molecule has 0 saturated carbocycles. The molecule has 0 radical (unpaired) electrons. The number of hydrogen-bond donors (Lipinski definition) is 3. The van der Waals surface area contributed by atoms with Crippen LogP contribution in [0.1, 0.15) is 21.9 Å². The van der Waals surface area contributed by atoms with E-state index >= 15 is 0 Å². The van der Waals surface area contributed by atoms with Crippen molar-refractivity contribution in [3.8, 4) is 5.82 Å². The highest BCUT2D eigenvalue weighted by Crippen LogP contribution is 2.22. The van der Waals surface area contributed by atoms with E-state index in [1.54, 1.807) is 48.3 Å². The molecule has 4 aromatic heterocycles. The van der Waals surface area contributed by atoms with E-state index in [4.69, 9.17) is 10.2 Å². The van der Waals surface area contributed by atoms with E-state index in [9.17, 15) is 14.4 Å². The number of imidazole rings is 1. The molecule has 0 aliphatic rings. The van der Waals surface area contributed by atoms with Gasteiger partial charge in [-0.15, -0.1) is 0 Å². The molecule has 0 aliphatic carbocycles. The normalized spacial score (nSPS) is 12.0. The zero-order chi connectivity index (χ0) is 21.3. The molecule has 4 N–H and O–H groups in total. The van der Waals surface area contributed by atoms with Crippen molar-refractivity contribution in [2.75, 3.05) is 0 Å². The number of fused-ring (bicyclic) bond motifs is 1. The Kier molecular flexibility index (Phi) is 4.88. The molecule has 0 fully saturated rings. The Morgan fingerprint density at radius 3 is 2.83 bits per heavy atom. The number of rotatable bonds is 7. The van der Waals surface area contributed by atoms with Crippen molar-refractivity contribution in [1.29, 1.82) is 0 Å². The number of ketones is 1. The number of Topliss-reactive ketones (excluding diaryl/α,β-unsaturated/α-hetero) is 1. The number of carbonyl (C=O) groups excluding carboxylic acids is 3. The minimum Gasteiger partial charge on any atom is -0.462 e. The smallest absolute Gasteiger partial charge is 0.287 e. The number of aryl methyl sites for hydroxylation is 1. The zero-order valence-corrected chi connectivity index (χ0v) is 16.0. The fourth-order valence-electron chi connectivity index (χ4n) is 3.27. The zero-order valence-electron chi connectivity index (χ0n) is 16.0. The summed E-state index contributed by atoms with van der Waals surface area (Å²) in [6.07, 6.45) is 7.87. The summed E-state index contributed by atoms with van der Waals surface area (Å²) in [4.78, 5) is 48.3. The molecule has 4 aromatic rings. The third-order valence-corrected chi connectivity index (χ3v) is 4.72. The van der Waals surface area contributed by atoms with Crippen molar-refractivity contribution >= 4 is 28.6 Å². The second-order valence-electron chi connectivity index (χ2n) is 6.67. The summed E-state index contributed by atoms with van der Waals surface area (Å²) in [6.45, 7) is 1.73. The monoisotopic (exact) mass is 406 g/mol. The van der Waals surface area contributed by atoms with Gasteiger partial charge in [-0.25, -0.2) is 9.97 Å². The Balaban J connectivity index is 1.64. The van der Waals surface area contributed by atoms with Crippen LogP contribution in [0.15, 0.2) is 53.7 Å². The van der Waals surface area contributed by atoms with Crippen LogP contribution in [0.3, 0.4) is 0 Å². The number of amides is 2. The summed E-state index contributed by atoms with van der Waals surface area (Å²) >= 11 is 0. The van der Waals surface area contributed by atoms with Crippen LogP contribution in [0, 0.1) is 6.92 Å². The molecule has 10 heteroatoms. The van der Waals surface area contributed by atoms with Crippen LogP contribution in [-0.2, 0) is 16.0 Å². The Morgan fingerprint density at radius 1 is 1.27 bits per heavy atom. The van der Waals surface area contributed by atoms with E-state index < -0.39 is 23.6 Å². The topological polar surface area (TPSA) is 149 Å². The number of primary amides is 1. The minimum absolute atomic E-state index is 0.0368. The van der Waals surface area contributed by atoms with E-state index in [1.165, 1.54) is 12.5 Å². The molecule has 2 amide bonds. The number of nitrogens with one attached hydrogen (secondary N) is 2. The van der Waals surface area contributed by atoms with Crippen LogP contribution in [0.2, 0.25) is 0 Å². The van der Waals surface area contributed by atoms with Gasteiger partial charge in [-0.2, -0.15) is 0 Å². The summed E-state index contributed by atoms with van der Waals surface area (Å²) in [5.74, 6) is -1.59. The molecule has 0 aliphatic heterocycles. The summed E-state index contributed by atoms with van der Waals surface area (Å²) in [5, 5.41) is 3.35. The Morgan fingerprint density at radius 2 is 2.10 bits per heavy atom. The van der Waals surface area contributed by atoms with Crippen LogP contribution in [0.4, 0.5) is 0 Å². The predicted octanol–water partition coefficient (Wildman–Crippen LogP) is 1.05. The molecular weight excluding hydrogens is 388 g/mol. The molecular formula is C20H18N6O4. The lowest BCUT2D eigenvalue weighted by molar-refractivity contribution is -0.137. The standard InChI is InChI=1S/C20H18N6O4/c1-11-24-8-15(26(11)17-4-2-3-5-23-17)20(29)25-14(18(27)19(21)28)6-12-10-30-16-9-22-7-13(12)16/h2-5,7-10,14,22H,6H2,1H3,(H2,21,28)(H,25,29). The van der Waals surface area contributed by atoms with Crippen molar-refractivity contribution in [3.05, 3.63) is 66.3 Å². The number of carbonyl (C=O) groups is 3. The molecule has 30 heavy (non-hydrogen) atoms. The molecule has 1 unspecified atom stereocenters. The van der Waals surface area contributed by atoms with Gasteiger partial charge in [-0.05, 0) is 19.1 Å². The predicted molar refractivity (Wildman–Crippen MR) is 106 cm³/mol. The van der Waals surface area contributed by atoms with Crippen LogP contribution < -0.4 is 11.1 Å². The van der Waals surface area contributed by atoms with Gasteiger partial charge < -0.3 is 20.5 Å². The Bertz CT molecular complexity index is 1240. The number of H-pyrrole nitrogens is 1. The number of aromatic nitrogens is 4. The van der Waals surface area contributed by atoms with Gasteiger partial charge in [-0.3, -0.25) is 19.0 Å². The quantitative estimate of drug-likeness (QED) is 0.391. The molecule has 0 bridgehead atoms. The number of furan rings is 1. The van der Waals surface area contributed by atoms with Crippen LogP contribution in [-0.4, -0.2) is 43.2 Å². The van der Waals surface area contributed by atoms with Crippen LogP contribution in [0.25, 0.3) is 16.8 Å². The van der Waals surface area contributed by atoms with E-state index in [0.29, 0.717) is 22.8 Å². The fraction of sp³-hybridized carbons (Fsp3) is 0.150. The highest BCUT2D eigenvalue weighted by Gasteiger charge is 2.28. The Labute approximate surface area is 170 Å². The number of hydrogen-bond acceptors (Lipinski definition) is 6. The highest BCUT2D eigenvalue weighted by molar-refractivity contribution is 6.38. The number of nitrogens with two attached hydrogens (primary N) is 1. The van der Waals surface area contributed by atoms with Gasteiger partial charge in [-0.1, -0.05) is 6.07 Å². The maximum atomic E-state index is 13.0. The fourth-order valence-corrected chi connectivity index (χ4v) is 3.27. The summed E-state index contributed by atoms with van der Waals surface area (Å²) < 4.78 is 6.97. The summed E-state index contributed by atoms with van der Waals surface area (Å²) in [7, 11) is 0. The van der Waals surface area contributed by atoms with Crippen molar-refractivity contribution in [2.24, 2.45) is 5.73 Å². The van der Waals surface area contributed by atoms with Gasteiger partial charge in [0.2, 0.25) is 5.78 Å². The first-order valence-electron chi connectivity index (χ1n) is 9.09. The summed E-state index contributed by atoms with van der Waals surface area (Å²) in [5.41, 5.74) is 6.63. The maximum Gasteiger partial charge on any atom is 0.287 e. The minimum atomic E-state index is -1.17. The molecule has 0 aromatic carbocycles. The first-order chi connectivity index (χ1) is 14.5. The number of aromatic amines is 1. The molecule has 4 heterocycles. The van der Waals surface area contributed by atoms with Gasteiger partial charge in [0.05, 0.1) is 12.5 Å². The number of nitrogens with zero attached hydrogens (tertiary/aromatic N) is 3. The third-order valence-electron chi connectivity index (χ3n) is 4.72. The molecule has 0 saturated heterocycles. The summed E-state index contributed by atoms with van der Waals surface area (Å²) in [6, 6.07) is 4.09. The SMILES string of the molecule is Cc1ncc(C(=O)NC(Cc2coc3c[nH]cc23)C(=O)C(N)=O)n1-c1ccccn1. The first kappa shape index (κ1) is 19.1. The van der Waals surface area contributed by atoms with Gasteiger partial charge >= 0.3 is 0 Å². The average Bonchev–Trinajstić information content (AvgIpc) is 3.44.